The van der Waals surface area contributed by atoms with Crippen LogP contribution in [-0.2, 0) is 6.54 Å². The van der Waals surface area contributed by atoms with E-state index in [9.17, 15) is 0 Å². The Balaban J connectivity index is 1.90. The van der Waals surface area contributed by atoms with Gasteiger partial charge in [0.15, 0.2) is 5.96 Å². The van der Waals surface area contributed by atoms with E-state index in [1.807, 2.05) is 12.3 Å². The van der Waals surface area contributed by atoms with E-state index < -0.39 is 0 Å². The number of guanidine groups is 1. The van der Waals surface area contributed by atoms with Crippen LogP contribution in [0.4, 0.5) is 5.69 Å². The summed E-state index contributed by atoms with van der Waals surface area (Å²) in [6, 6.07) is 10.8. The number of likely N-dealkylation sites (N-methyl/N-ethyl adjacent to an activating group) is 1. The molecule has 0 aliphatic rings. The molecule has 0 saturated carbocycles. The zero-order chi connectivity index (χ0) is 17.4. The summed E-state index contributed by atoms with van der Waals surface area (Å²) in [7, 11) is 2.12. The van der Waals surface area contributed by atoms with Crippen molar-refractivity contribution in [3.63, 3.8) is 0 Å². The summed E-state index contributed by atoms with van der Waals surface area (Å²) in [6.07, 6.45) is 1.90. The molecule has 0 radical (unpaired) electrons. The highest BCUT2D eigenvalue weighted by Crippen LogP contribution is 2.14. The van der Waals surface area contributed by atoms with Gasteiger partial charge in [0.25, 0.3) is 0 Å². The number of aryl methyl sites for hydroxylation is 1. The van der Waals surface area contributed by atoms with E-state index in [2.05, 4.69) is 77.6 Å². The largest absolute Gasteiger partial charge is 0.370 e. The van der Waals surface area contributed by atoms with Crippen molar-refractivity contribution in [2.75, 3.05) is 25.0 Å². The zero-order valence-corrected chi connectivity index (χ0v) is 15.7. The van der Waals surface area contributed by atoms with Crippen LogP contribution < -0.4 is 15.5 Å². The Morgan fingerprint density at radius 3 is 2.67 bits per heavy atom. The lowest BCUT2D eigenvalue weighted by atomic mass is 10.2. The number of rotatable bonds is 7. The normalized spacial score (nSPS) is 12.8. The molecule has 130 valence electrons. The number of hydrogen-bond acceptors (Lipinski definition) is 4. The number of nitrogens with zero attached hydrogens (tertiary/aromatic N) is 3. The van der Waals surface area contributed by atoms with Gasteiger partial charge in [0.2, 0.25) is 0 Å². The van der Waals surface area contributed by atoms with E-state index in [0.717, 1.165) is 24.1 Å². The molecule has 5 nitrogen and oxygen atoms in total. The van der Waals surface area contributed by atoms with Crippen LogP contribution in [0.5, 0.6) is 0 Å². The summed E-state index contributed by atoms with van der Waals surface area (Å²) in [5.41, 5.74) is 1.21. The second-order valence-electron chi connectivity index (χ2n) is 5.74. The summed E-state index contributed by atoms with van der Waals surface area (Å²) < 4.78 is 0. The minimum absolute atomic E-state index is 0.346. The maximum absolute atomic E-state index is 4.62. The molecule has 0 saturated heterocycles. The topological polar surface area (TPSA) is 52.6 Å². The average molecular weight is 346 g/mol. The third-order valence-corrected chi connectivity index (χ3v) is 4.67. The van der Waals surface area contributed by atoms with Crippen molar-refractivity contribution in [1.82, 2.24) is 15.6 Å². The molecule has 0 amide bonds. The first-order valence-corrected chi connectivity index (χ1v) is 9.13. The molecule has 2 aromatic rings. The van der Waals surface area contributed by atoms with Crippen LogP contribution in [0.15, 0.2) is 41.5 Å². The first kappa shape index (κ1) is 18.3. The molecule has 6 heteroatoms. The molecule has 0 bridgehead atoms. The van der Waals surface area contributed by atoms with E-state index in [0.29, 0.717) is 12.6 Å². The maximum Gasteiger partial charge on any atom is 0.191 e. The Kier molecular flexibility index (Phi) is 7.06. The van der Waals surface area contributed by atoms with Gasteiger partial charge in [0.05, 0.1) is 6.54 Å². The lowest BCUT2D eigenvalue weighted by molar-refractivity contribution is 0.649. The summed E-state index contributed by atoms with van der Waals surface area (Å²) in [5.74, 6) is 0.832. The smallest absolute Gasteiger partial charge is 0.191 e. The summed E-state index contributed by atoms with van der Waals surface area (Å²) in [5, 5.41) is 7.75. The van der Waals surface area contributed by atoms with Gasteiger partial charge in [-0.25, -0.2) is 9.98 Å². The second-order valence-corrected chi connectivity index (χ2v) is 7.06. The molecule has 0 aliphatic carbocycles. The van der Waals surface area contributed by atoms with E-state index in [1.54, 1.807) is 11.3 Å². The highest BCUT2D eigenvalue weighted by molar-refractivity contribution is 7.11. The number of anilines is 1. The first-order chi connectivity index (χ1) is 11.6. The van der Waals surface area contributed by atoms with Gasteiger partial charge in [0, 0.05) is 42.9 Å². The molecule has 1 aromatic heterocycles. The van der Waals surface area contributed by atoms with Crippen LogP contribution in [-0.4, -0.2) is 37.1 Å². The van der Waals surface area contributed by atoms with Crippen LogP contribution in [0, 0.1) is 6.92 Å². The van der Waals surface area contributed by atoms with Crippen LogP contribution in [0.3, 0.4) is 0 Å². The molecule has 2 N–H and O–H groups in total. The number of aliphatic imine (C=N–C) groups is 1. The molecular formula is C18H27N5S. The third kappa shape index (κ3) is 5.53. The SMILES string of the molecule is CCNC(=NCc1ncc(C)s1)NCC(C)N(C)c1ccccc1. The lowest BCUT2D eigenvalue weighted by Gasteiger charge is -2.27. The number of nitrogens with one attached hydrogen (secondary N) is 2. The third-order valence-electron chi connectivity index (χ3n) is 3.78. The molecule has 0 spiro atoms. The van der Waals surface area contributed by atoms with Crippen molar-refractivity contribution in [2.45, 2.75) is 33.4 Å². The summed E-state index contributed by atoms with van der Waals surface area (Å²) >= 11 is 1.69. The van der Waals surface area contributed by atoms with Crippen molar-refractivity contribution >= 4 is 23.0 Å². The number of thiazole rings is 1. The van der Waals surface area contributed by atoms with E-state index in [4.69, 9.17) is 0 Å². The molecule has 1 unspecified atom stereocenters. The molecule has 2 rings (SSSR count). The number of hydrogen-bond donors (Lipinski definition) is 2. The Bertz CT molecular complexity index is 638. The lowest BCUT2D eigenvalue weighted by Crippen LogP contribution is -2.45. The van der Waals surface area contributed by atoms with Gasteiger partial charge >= 0.3 is 0 Å². The number of aromatic nitrogens is 1. The standard InChI is InChI=1S/C18H27N5S/c1-5-19-18(22-13-17-20-12-15(3)24-17)21-11-14(2)23(4)16-9-7-6-8-10-16/h6-10,12,14H,5,11,13H2,1-4H3,(H2,19,21,22). The van der Waals surface area contributed by atoms with Crippen LogP contribution in [0.25, 0.3) is 0 Å². The number of benzene rings is 1. The van der Waals surface area contributed by atoms with Crippen LogP contribution in [0.1, 0.15) is 23.7 Å². The van der Waals surface area contributed by atoms with Gasteiger partial charge in [-0.1, -0.05) is 18.2 Å². The predicted octanol–water partition coefficient (Wildman–Crippen LogP) is 3.03. The Morgan fingerprint density at radius 2 is 2.04 bits per heavy atom. The van der Waals surface area contributed by atoms with Crippen molar-refractivity contribution in [3.05, 3.63) is 46.4 Å². The van der Waals surface area contributed by atoms with Crippen molar-refractivity contribution in [1.29, 1.82) is 0 Å². The molecule has 0 fully saturated rings. The minimum atomic E-state index is 0.346. The molecule has 0 aliphatic heterocycles. The number of para-hydroxylation sites is 1. The second kappa shape index (κ2) is 9.27. The zero-order valence-electron chi connectivity index (χ0n) is 14.9. The summed E-state index contributed by atoms with van der Waals surface area (Å²) in [4.78, 5) is 12.5. The fourth-order valence-corrected chi connectivity index (χ4v) is 2.97. The maximum atomic E-state index is 4.62. The van der Waals surface area contributed by atoms with Gasteiger partial charge in [-0.3, -0.25) is 0 Å². The van der Waals surface area contributed by atoms with Crippen LogP contribution in [0.2, 0.25) is 0 Å². The molecular weight excluding hydrogens is 318 g/mol. The predicted molar refractivity (Wildman–Crippen MR) is 104 cm³/mol. The van der Waals surface area contributed by atoms with Gasteiger partial charge in [-0.05, 0) is 32.9 Å². The van der Waals surface area contributed by atoms with Gasteiger partial charge in [-0.15, -0.1) is 11.3 Å². The van der Waals surface area contributed by atoms with Gasteiger partial charge in [-0.2, -0.15) is 0 Å². The van der Waals surface area contributed by atoms with Gasteiger partial charge < -0.3 is 15.5 Å². The monoisotopic (exact) mass is 345 g/mol. The molecule has 1 atom stereocenters. The van der Waals surface area contributed by atoms with Crippen molar-refractivity contribution < 1.29 is 0 Å². The van der Waals surface area contributed by atoms with Crippen molar-refractivity contribution in [2.24, 2.45) is 4.99 Å². The van der Waals surface area contributed by atoms with E-state index in [-0.39, 0.29) is 0 Å². The highest BCUT2D eigenvalue weighted by Gasteiger charge is 2.10. The van der Waals surface area contributed by atoms with Crippen LogP contribution >= 0.6 is 11.3 Å². The fourth-order valence-electron chi connectivity index (χ4n) is 2.26. The minimum Gasteiger partial charge on any atom is -0.370 e. The van der Waals surface area contributed by atoms with Gasteiger partial charge in [0.1, 0.15) is 5.01 Å². The fraction of sp³-hybridized carbons (Fsp3) is 0.444. The summed E-state index contributed by atoms with van der Waals surface area (Å²) in [6.45, 7) is 8.60. The van der Waals surface area contributed by atoms with E-state index >= 15 is 0 Å². The molecule has 24 heavy (non-hydrogen) atoms. The quantitative estimate of drug-likeness (QED) is 0.598. The van der Waals surface area contributed by atoms with E-state index in [1.165, 1.54) is 10.6 Å². The molecule has 1 heterocycles. The Morgan fingerprint density at radius 1 is 1.29 bits per heavy atom. The Hall–Kier alpha value is -2.08. The molecule has 1 aromatic carbocycles. The van der Waals surface area contributed by atoms with Crippen molar-refractivity contribution in [3.8, 4) is 0 Å². The highest BCUT2D eigenvalue weighted by atomic mass is 32.1. The Labute approximate surface area is 148 Å². The average Bonchev–Trinajstić information content (AvgIpc) is 3.02. The first-order valence-electron chi connectivity index (χ1n) is 8.31.